The van der Waals surface area contributed by atoms with E-state index in [2.05, 4.69) is 23.3 Å². The molecule has 0 saturated heterocycles. The summed E-state index contributed by atoms with van der Waals surface area (Å²) in [6.07, 6.45) is 15.7. The molecule has 0 spiro atoms. The van der Waals surface area contributed by atoms with Gasteiger partial charge in [0.15, 0.2) is 0 Å². The molecule has 6 N–H and O–H groups in total. The Balaban J connectivity index is 0. The van der Waals surface area contributed by atoms with Crippen molar-refractivity contribution in [2.24, 2.45) is 0 Å². The van der Waals surface area contributed by atoms with Gasteiger partial charge < -0.3 is 15.4 Å². The molecule has 0 aliphatic rings. The van der Waals surface area contributed by atoms with Crippen LogP contribution in [0.25, 0.3) is 0 Å². The van der Waals surface area contributed by atoms with Crippen LogP contribution in [-0.4, -0.2) is 30.2 Å². The summed E-state index contributed by atoms with van der Waals surface area (Å²) in [5, 5.41) is 9.82. The number of rotatable bonds is 16. The smallest absolute Gasteiger partial charge is 0.393 e. The zero-order valence-corrected chi connectivity index (χ0v) is 17.2. The summed E-state index contributed by atoms with van der Waals surface area (Å²) in [6.45, 7) is 2.18. The molecule has 7 nitrogen and oxygen atoms in total. The lowest BCUT2D eigenvalue weighted by atomic mass is 10.1. The Labute approximate surface area is 158 Å². The Morgan fingerprint density at radius 1 is 1.00 bits per heavy atom. The van der Waals surface area contributed by atoms with Crippen LogP contribution in [0.5, 0.6) is 0 Å². The molecule has 0 saturated carbocycles. The Morgan fingerprint density at radius 3 is 2.27 bits per heavy atom. The fourth-order valence-corrected chi connectivity index (χ4v) is 2.83. The fraction of sp³-hybridized carbons (Fsp3) is 0.833. The van der Waals surface area contributed by atoms with Crippen molar-refractivity contribution in [3.05, 3.63) is 12.2 Å². The first-order valence-electron chi connectivity index (χ1n) is 9.38. The first kappa shape index (κ1) is 27.3. The molecule has 0 radical (unpaired) electrons. The minimum atomic E-state index is -4.67. The largest absolute Gasteiger partial charge is 0.448 e. The van der Waals surface area contributed by atoms with Crippen LogP contribution in [0, 0.1) is 0 Å². The van der Waals surface area contributed by atoms with Crippen molar-refractivity contribution in [2.45, 2.75) is 96.5 Å². The van der Waals surface area contributed by atoms with Gasteiger partial charge in [-0.2, -0.15) is 8.42 Å². The third-order valence-corrected chi connectivity index (χ3v) is 4.31. The molecule has 1 atom stereocenters. The highest BCUT2D eigenvalue weighted by atomic mass is 32.3. The number of hydrogen-bond acceptors (Lipinski definition) is 5. The minimum absolute atomic E-state index is 0. The molecule has 0 unspecified atom stereocenters. The Kier molecular flexibility index (Phi) is 18.3. The van der Waals surface area contributed by atoms with Gasteiger partial charge >= 0.3 is 16.4 Å². The molecular formula is C18H38NO6S+. The van der Waals surface area contributed by atoms with Crippen molar-refractivity contribution >= 4 is 16.4 Å². The normalized spacial score (nSPS) is 12.7. The number of aliphatic hydroxyl groups excluding tert-OH is 1. The summed E-state index contributed by atoms with van der Waals surface area (Å²) in [6, 6.07) is 0. The molecule has 0 fully saturated rings. The second kappa shape index (κ2) is 17.5. The molecule has 0 bridgehead atoms. The molecule has 0 aromatic carbocycles. The van der Waals surface area contributed by atoms with Crippen molar-refractivity contribution in [2.75, 3.05) is 0 Å². The molecule has 0 amide bonds. The SMILES string of the molecule is CCCCCC[C@@H](O)CC=CCCCCCCCC(=O)OS(=O)(=O)O.[NH4+]. The van der Waals surface area contributed by atoms with Crippen LogP contribution in [0.2, 0.25) is 0 Å². The Hall–Kier alpha value is -0.960. The fourth-order valence-electron chi connectivity index (χ4n) is 2.52. The maximum absolute atomic E-state index is 11.0. The lowest BCUT2D eigenvalue weighted by Gasteiger charge is -2.07. The number of aliphatic hydroxyl groups is 1. The highest BCUT2D eigenvalue weighted by molar-refractivity contribution is 7.81. The van der Waals surface area contributed by atoms with Crippen molar-refractivity contribution < 1.29 is 27.1 Å². The van der Waals surface area contributed by atoms with Crippen molar-refractivity contribution in [1.29, 1.82) is 0 Å². The van der Waals surface area contributed by atoms with Gasteiger partial charge in [-0.25, -0.2) is 0 Å². The number of hydrogen-bond donors (Lipinski definition) is 3. The highest BCUT2D eigenvalue weighted by Crippen LogP contribution is 2.11. The molecule has 0 aliphatic carbocycles. The van der Waals surface area contributed by atoms with Gasteiger partial charge in [-0.05, 0) is 32.1 Å². The van der Waals surface area contributed by atoms with E-state index >= 15 is 0 Å². The lowest BCUT2D eigenvalue weighted by Crippen LogP contribution is -2.11. The van der Waals surface area contributed by atoms with Gasteiger partial charge in [0.2, 0.25) is 0 Å². The van der Waals surface area contributed by atoms with Crippen molar-refractivity contribution in [3.8, 4) is 0 Å². The van der Waals surface area contributed by atoms with Crippen LogP contribution in [0.1, 0.15) is 90.4 Å². The summed E-state index contributed by atoms with van der Waals surface area (Å²) in [4.78, 5) is 11.0. The molecule has 0 rings (SSSR count). The summed E-state index contributed by atoms with van der Waals surface area (Å²) in [5.74, 6) is -0.918. The van der Waals surface area contributed by atoms with E-state index in [4.69, 9.17) is 4.55 Å². The van der Waals surface area contributed by atoms with E-state index < -0.39 is 16.4 Å². The maximum atomic E-state index is 11.0. The van der Waals surface area contributed by atoms with Gasteiger partial charge in [0.25, 0.3) is 0 Å². The van der Waals surface area contributed by atoms with Gasteiger partial charge in [-0.1, -0.05) is 64.0 Å². The van der Waals surface area contributed by atoms with Crippen LogP contribution in [0.3, 0.4) is 0 Å². The number of carbonyl (C=O) groups is 1. The van der Waals surface area contributed by atoms with Gasteiger partial charge in [-0.15, -0.1) is 0 Å². The second-order valence-corrected chi connectivity index (χ2v) is 7.42. The first-order valence-corrected chi connectivity index (χ1v) is 10.7. The van der Waals surface area contributed by atoms with E-state index in [0.29, 0.717) is 6.42 Å². The molecule has 0 aromatic heterocycles. The third-order valence-electron chi connectivity index (χ3n) is 3.92. The third kappa shape index (κ3) is 21.1. The molecule has 0 aromatic rings. The van der Waals surface area contributed by atoms with Gasteiger partial charge in [0.05, 0.1) is 6.10 Å². The van der Waals surface area contributed by atoms with Crippen LogP contribution >= 0.6 is 0 Å². The number of carbonyl (C=O) groups excluding carboxylic acids is 1. The van der Waals surface area contributed by atoms with Crippen molar-refractivity contribution in [3.63, 3.8) is 0 Å². The van der Waals surface area contributed by atoms with E-state index in [9.17, 15) is 18.3 Å². The average molecular weight is 397 g/mol. The molecule has 8 heteroatoms. The van der Waals surface area contributed by atoms with E-state index in [1.807, 2.05) is 0 Å². The number of quaternary nitrogens is 1. The highest BCUT2D eigenvalue weighted by Gasteiger charge is 2.12. The first-order chi connectivity index (χ1) is 11.8. The Bertz CT molecular complexity index is 464. The summed E-state index contributed by atoms with van der Waals surface area (Å²) < 4.78 is 32.8. The van der Waals surface area contributed by atoms with Crippen LogP contribution in [0.15, 0.2) is 12.2 Å². The van der Waals surface area contributed by atoms with Crippen molar-refractivity contribution in [1.82, 2.24) is 6.15 Å². The summed E-state index contributed by atoms with van der Waals surface area (Å²) in [7, 11) is -4.67. The zero-order valence-electron chi connectivity index (χ0n) is 16.4. The lowest BCUT2D eigenvalue weighted by molar-refractivity contribution is -0.134. The number of unbranched alkanes of at least 4 members (excludes halogenated alkanes) is 8. The molecule has 26 heavy (non-hydrogen) atoms. The Morgan fingerprint density at radius 2 is 1.62 bits per heavy atom. The van der Waals surface area contributed by atoms with Crippen LogP contribution in [0.4, 0.5) is 0 Å². The predicted molar refractivity (Wildman–Crippen MR) is 104 cm³/mol. The molecular weight excluding hydrogens is 358 g/mol. The van der Waals surface area contributed by atoms with Gasteiger partial charge in [-0.3, -0.25) is 9.35 Å². The van der Waals surface area contributed by atoms with E-state index in [-0.39, 0.29) is 18.7 Å². The quantitative estimate of drug-likeness (QED) is 0.196. The van der Waals surface area contributed by atoms with Crippen LogP contribution < -0.4 is 6.15 Å². The monoisotopic (exact) mass is 396 g/mol. The molecule has 0 heterocycles. The second-order valence-electron chi connectivity index (χ2n) is 6.40. The zero-order chi connectivity index (χ0) is 19.0. The predicted octanol–water partition coefficient (Wildman–Crippen LogP) is 4.72. The summed E-state index contributed by atoms with van der Waals surface area (Å²) >= 11 is 0. The number of allylic oxidation sites excluding steroid dienone is 1. The maximum Gasteiger partial charge on any atom is 0.448 e. The molecule has 0 aliphatic heterocycles. The van der Waals surface area contributed by atoms with Crippen LogP contribution in [-0.2, 0) is 19.4 Å². The summed E-state index contributed by atoms with van der Waals surface area (Å²) in [5.41, 5.74) is 0. The van der Waals surface area contributed by atoms with E-state index in [0.717, 1.165) is 51.4 Å². The van der Waals surface area contributed by atoms with E-state index in [1.54, 1.807) is 0 Å². The van der Waals surface area contributed by atoms with Gasteiger partial charge in [0, 0.05) is 6.42 Å². The topological polar surface area (TPSA) is 137 Å². The standard InChI is InChI=1S/C18H34O6S.H3N/c1-2-3-4-11-14-17(19)15-12-9-7-5-6-8-10-13-16-18(20)24-25(21,22)23;/h9,12,17,19H,2-8,10-11,13-16H2,1H3,(H,21,22,23);1H3/p+1/t17-;/m1./s1. The van der Waals surface area contributed by atoms with E-state index in [1.165, 1.54) is 19.3 Å². The minimum Gasteiger partial charge on any atom is -0.393 e. The van der Waals surface area contributed by atoms with Gasteiger partial charge in [0.1, 0.15) is 0 Å². The molecule has 156 valence electrons. The average Bonchev–Trinajstić information content (AvgIpc) is 2.51.